The fourth-order valence-electron chi connectivity index (χ4n) is 4.13. The van der Waals surface area contributed by atoms with E-state index < -0.39 is 10.0 Å². The SMILES string of the molecule is Cc1ccc(C(=O)N[C@@H](C)c2ccc3c(c2)CCCC3)cc1S(=O)(=O)Nc1ccccc1. The second-order valence-corrected chi connectivity index (χ2v) is 10.0. The van der Waals surface area contributed by atoms with Crippen LogP contribution in [-0.4, -0.2) is 14.3 Å². The van der Waals surface area contributed by atoms with Gasteiger partial charge >= 0.3 is 0 Å². The van der Waals surface area contributed by atoms with Crippen molar-refractivity contribution >= 4 is 21.6 Å². The quantitative estimate of drug-likeness (QED) is 0.547. The van der Waals surface area contributed by atoms with Gasteiger partial charge < -0.3 is 5.32 Å². The molecule has 1 amide bonds. The molecule has 0 aliphatic heterocycles. The minimum Gasteiger partial charge on any atom is -0.346 e. The second-order valence-electron chi connectivity index (χ2n) is 8.38. The average Bonchev–Trinajstić information content (AvgIpc) is 2.79. The van der Waals surface area contributed by atoms with Crippen molar-refractivity contribution in [3.63, 3.8) is 0 Å². The number of para-hydroxylation sites is 1. The first kappa shape index (κ1) is 22.1. The zero-order valence-electron chi connectivity index (χ0n) is 18.4. The number of carbonyl (C=O) groups is 1. The molecule has 3 aromatic rings. The van der Waals surface area contributed by atoms with Crippen LogP contribution in [0.5, 0.6) is 0 Å². The third-order valence-electron chi connectivity index (χ3n) is 5.99. The number of hydrogen-bond donors (Lipinski definition) is 2. The number of benzene rings is 3. The fraction of sp³-hybridized carbons (Fsp3) is 0.269. The molecule has 1 atom stereocenters. The van der Waals surface area contributed by atoms with E-state index in [0.29, 0.717) is 16.8 Å². The molecule has 0 radical (unpaired) electrons. The van der Waals surface area contributed by atoms with Crippen molar-refractivity contribution in [3.05, 3.63) is 94.5 Å². The van der Waals surface area contributed by atoms with Crippen LogP contribution in [0.1, 0.15) is 58.4 Å². The number of sulfonamides is 1. The van der Waals surface area contributed by atoms with Crippen LogP contribution in [-0.2, 0) is 22.9 Å². The van der Waals surface area contributed by atoms with Crippen molar-refractivity contribution in [2.75, 3.05) is 4.72 Å². The molecule has 0 fully saturated rings. The topological polar surface area (TPSA) is 75.3 Å². The van der Waals surface area contributed by atoms with Gasteiger partial charge in [-0.05, 0) is 86.1 Å². The molecule has 0 spiro atoms. The number of amides is 1. The van der Waals surface area contributed by atoms with E-state index in [1.54, 1.807) is 43.3 Å². The lowest BCUT2D eigenvalue weighted by atomic mass is 9.89. The summed E-state index contributed by atoms with van der Waals surface area (Å²) >= 11 is 0. The van der Waals surface area contributed by atoms with Gasteiger partial charge in [0.05, 0.1) is 10.9 Å². The van der Waals surface area contributed by atoms with Gasteiger partial charge in [-0.2, -0.15) is 0 Å². The number of anilines is 1. The Kier molecular flexibility index (Phi) is 6.33. The highest BCUT2D eigenvalue weighted by atomic mass is 32.2. The molecule has 3 aromatic carbocycles. The maximum atomic E-state index is 12.9. The van der Waals surface area contributed by atoms with Crippen molar-refractivity contribution < 1.29 is 13.2 Å². The van der Waals surface area contributed by atoms with Crippen molar-refractivity contribution in [1.29, 1.82) is 0 Å². The minimum absolute atomic E-state index is 0.0930. The smallest absolute Gasteiger partial charge is 0.262 e. The van der Waals surface area contributed by atoms with E-state index in [0.717, 1.165) is 18.4 Å². The Labute approximate surface area is 189 Å². The van der Waals surface area contributed by atoms with Gasteiger partial charge in [-0.25, -0.2) is 8.42 Å². The number of fused-ring (bicyclic) bond motifs is 1. The predicted molar refractivity (Wildman–Crippen MR) is 127 cm³/mol. The first-order valence-electron chi connectivity index (χ1n) is 10.9. The average molecular weight is 449 g/mol. The molecule has 166 valence electrons. The molecule has 1 aliphatic carbocycles. The number of rotatable bonds is 6. The van der Waals surface area contributed by atoms with Crippen LogP contribution in [0.3, 0.4) is 0 Å². The Morgan fingerprint density at radius 1 is 0.906 bits per heavy atom. The summed E-state index contributed by atoms with van der Waals surface area (Å²) in [6, 6.07) is 19.7. The standard InChI is InChI=1S/C26H28N2O3S/c1-18-12-13-23(17-25(18)32(30,31)28-24-10-4-3-5-11-24)26(29)27-19(2)21-15-14-20-8-6-7-9-22(20)16-21/h3-5,10-17,19,28H,6-9H2,1-2H3,(H,27,29)/t19-/m0/s1. The summed E-state index contributed by atoms with van der Waals surface area (Å²) in [5.74, 6) is -0.300. The van der Waals surface area contributed by atoms with Crippen LogP contribution in [0.25, 0.3) is 0 Å². The van der Waals surface area contributed by atoms with E-state index in [1.807, 2.05) is 13.0 Å². The van der Waals surface area contributed by atoms with Gasteiger partial charge in [0.1, 0.15) is 0 Å². The van der Waals surface area contributed by atoms with Crippen LogP contribution in [0.15, 0.2) is 71.6 Å². The number of nitrogens with one attached hydrogen (secondary N) is 2. The summed E-state index contributed by atoms with van der Waals surface area (Å²) in [6.45, 7) is 3.67. The van der Waals surface area contributed by atoms with Crippen LogP contribution >= 0.6 is 0 Å². The number of hydrogen-bond acceptors (Lipinski definition) is 3. The number of carbonyl (C=O) groups excluding carboxylic acids is 1. The first-order chi connectivity index (χ1) is 15.3. The highest BCUT2D eigenvalue weighted by Gasteiger charge is 2.21. The molecule has 6 heteroatoms. The molecule has 0 unspecified atom stereocenters. The monoisotopic (exact) mass is 448 g/mol. The van der Waals surface area contributed by atoms with Crippen molar-refractivity contribution in [2.24, 2.45) is 0 Å². The second kappa shape index (κ2) is 9.17. The van der Waals surface area contributed by atoms with Gasteiger partial charge in [-0.15, -0.1) is 0 Å². The van der Waals surface area contributed by atoms with Gasteiger partial charge in [0.15, 0.2) is 0 Å². The lowest BCUT2D eigenvalue weighted by Crippen LogP contribution is -2.27. The van der Waals surface area contributed by atoms with Gasteiger partial charge in [0.2, 0.25) is 0 Å². The van der Waals surface area contributed by atoms with E-state index in [-0.39, 0.29) is 16.8 Å². The Morgan fingerprint density at radius 3 is 2.38 bits per heavy atom. The lowest BCUT2D eigenvalue weighted by Gasteiger charge is -2.20. The third-order valence-corrected chi connectivity index (χ3v) is 7.51. The molecule has 32 heavy (non-hydrogen) atoms. The van der Waals surface area contributed by atoms with Crippen molar-refractivity contribution in [3.8, 4) is 0 Å². The van der Waals surface area contributed by atoms with E-state index in [1.165, 1.54) is 30.0 Å². The lowest BCUT2D eigenvalue weighted by molar-refractivity contribution is 0.0939. The normalized spacial score (nSPS) is 14.3. The highest BCUT2D eigenvalue weighted by molar-refractivity contribution is 7.92. The van der Waals surface area contributed by atoms with Crippen LogP contribution in [0, 0.1) is 6.92 Å². The van der Waals surface area contributed by atoms with Crippen molar-refractivity contribution in [1.82, 2.24) is 5.32 Å². The maximum Gasteiger partial charge on any atom is 0.262 e. The minimum atomic E-state index is -3.82. The highest BCUT2D eigenvalue weighted by Crippen LogP contribution is 2.25. The zero-order valence-corrected chi connectivity index (χ0v) is 19.2. The Bertz CT molecular complexity index is 1240. The van der Waals surface area contributed by atoms with Crippen LogP contribution < -0.4 is 10.0 Å². The van der Waals surface area contributed by atoms with E-state index in [4.69, 9.17) is 0 Å². The van der Waals surface area contributed by atoms with Gasteiger partial charge in [0, 0.05) is 11.3 Å². The Balaban J connectivity index is 1.53. The molecule has 0 bridgehead atoms. The Hall–Kier alpha value is -3.12. The molecule has 0 aromatic heterocycles. The zero-order chi connectivity index (χ0) is 22.7. The maximum absolute atomic E-state index is 12.9. The van der Waals surface area contributed by atoms with E-state index >= 15 is 0 Å². The summed E-state index contributed by atoms with van der Waals surface area (Å²) in [4.78, 5) is 13.0. The molecular formula is C26H28N2O3S. The van der Waals surface area contributed by atoms with Gasteiger partial charge in [-0.1, -0.05) is 42.5 Å². The molecule has 1 aliphatic rings. The van der Waals surface area contributed by atoms with Gasteiger partial charge in [0.25, 0.3) is 15.9 Å². The summed E-state index contributed by atoms with van der Waals surface area (Å²) in [5.41, 5.74) is 5.19. The van der Waals surface area contributed by atoms with E-state index in [2.05, 4.69) is 28.2 Å². The van der Waals surface area contributed by atoms with Gasteiger partial charge in [-0.3, -0.25) is 9.52 Å². The Morgan fingerprint density at radius 2 is 1.62 bits per heavy atom. The van der Waals surface area contributed by atoms with Crippen LogP contribution in [0.4, 0.5) is 5.69 Å². The molecule has 5 nitrogen and oxygen atoms in total. The summed E-state index contributed by atoms with van der Waals surface area (Å²) in [7, 11) is -3.82. The molecule has 0 saturated heterocycles. The third kappa shape index (κ3) is 4.86. The largest absolute Gasteiger partial charge is 0.346 e. The predicted octanol–water partition coefficient (Wildman–Crippen LogP) is 5.17. The summed E-state index contributed by atoms with van der Waals surface area (Å²) in [5, 5.41) is 3.01. The van der Waals surface area contributed by atoms with Crippen molar-refractivity contribution in [2.45, 2.75) is 50.5 Å². The molecule has 4 rings (SSSR count). The summed E-state index contributed by atoms with van der Waals surface area (Å²) < 4.78 is 28.4. The van der Waals surface area contributed by atoms with Crippen LogP contribution in [0.2, 0.25) is 0 Å². The first-order valence-corrected chi connectivity index (χ1v) is 12.4. The van der Waals surface area contributed by atoms with E-state index in [9.17, 15) is 13.2 Å². The fourth-order valence-corrected chi connectivity index (χ4v) is 5.46. The molecule has 2 N–H and O–H groups in total. The molecular weight excluding hydrogens is 420 g/mol. The number of aryl methyl sites for hydroxylation is 3. The molecule has 0 heterocycles. The summed E-state index contributed by atoms with van der Waals surface area (Å²) in [6.07, 6.45) is 4.64. The molecule has 0 saturated carbocycles.